The molecule has 5 nitrogen and oxygen atoms in total. The van der Waals surface area contributed by atoms with E-state index in [-0.39, 0.29) is 23.0 Å². The highest BCUT2D eigenvalue weighted by Gasteiger charge is 2.44. The summed E-state index contributed by atoms with van der Waals surface area (Å²) < 4.78 is 18.4. The predicted molar refractivity (Wildman–Crippen MR) is 138 cm³/mol. The Morgan fingerprint density at radius 2 is 1.70 bits per heavy atom. The first-order chi connectivity index (χ1) is 15.2. The highest BCUT2D eigenvalue weighted by Crippen LogP contribution is 2.40. The molecule has 1 rings (SSSR count). The van der Waals surface area contributed by atoms with Gasteiger partial charge in [-0.3, -0.25) is 4.79 Å². The summed E-state index contributed by atoms with van der Waals surface area (Å²) in [5.41, 5.74) is 1.03. The smallest absolute Gasteiger partial charge is 0.308 e. The number of rotatable bonds is 13. The van der Waals surface area contributed by atoms with E-state index < -0.39 is 26.3 Å². The average molecular weight is 477 g/mol. The molecule has 0 radical (unpaired) electrons. The molecule has 1 aromatic rings. The number of carbonyl (C=O) groups is 1. The standard InChI is InChI=1S/C27H44O5Si/c1-11-12-13-19(2)24(31-18-22-14-16-23(30-8)17-15-22)20(3)25(21(4)26(28)29)32-33(9,10)27(5,6)7/h11-17,19-21,24-25H,1,18H2,2-10H3,(H,28,29)/b13-12-/t19?,20-,21-,24+,25+/m1/s1. The second-order valence-electron chi connectivity index (χ2n) is 10.4. The Hall–Kier alpha value is -1.89. The van der Waals surface area contributed by atoms with Gasteiger partial charge in [-0.15, -0.1) is 0 Å². The number of carboxylic acids is 1. The average Bonchev–Trinajstić information content (AvgIpc) is 2.75. The van der Waals surface area contributed by atoms with Crippen LogP contribution in [0.3, 0.4) is 0 Å². The maximum Gasteiger partial charge on any atom is 0.308 e. The minimum Gasteiger partial charge on any atom is -0.497 e. The van der Waals surface area contributed by atoms with Gasteiger partial charge in [0.1, 0.15) is 5.75 Å². The molecule has 0 aliphatic carbocycles. The van der Waals surface area contributed by atoms with Crippen LogP contribution >= 0.6 is 0 Å². The normalized spacial score (nSPS) is 17.2. The van der Waals surface area contributed by atoms with Gasteiger partial charge in [0.25, 0.3) is 0 Å². The van der Waals surface area contributed by atoms with Crippen LogP contribution in [-0.2, 0) is 20.6 Å². The van der Waals surface area contributed by atoms with E-state index in [9.17, 15) is 9.90 Å². The van der Waals surface area contributed by atoms with Crippen molar-refractivity contribution in [3.05, 3.63) is 54.6 Å². The second-order valence-corrected chi connectivity index (χ2v) is 15.2. The van der Waals surface area contributed by atoms with Gasteiger partial charge >= 0.3 is 5.97 Å². The van der Waals surface area contributed by atoms with Gasteiger partial charge in [-0.05, 0) is 42.8 Å². The summed E-state index contributed by atoms with van der Waals surface area (Å²) in [5, 5.41) is 9.84. The first-order valence-electron chi connectivity index (χ1n) is 11.7. The SMILES string of the molecule is C=C/C=C\C(C)[C@H](OCc1ccc(OC)cc1)[C@@H](C)[C@H](O[Si](C)(C)C(C)(C)C)[C@@H](C)C(=O)O. The van der Waals surface area contributed by atoms with Crippen molar-refractivity contribution in [1.82, 2.24) is 0 Å². The number of hydrogen-bond donors (Lipinski definition) is 1. The lowest BCUT2D eigenvalue weighted by Gasteiger charge is -2.44. The molecule has 0 saturated heterocycles. The molecule has 0 aromatic heterocycles. The largest absolute Gasteiger partial charge is 0.497 e. The Kier molecular flexibility index (Phi) is 11.1. The van der Waals surface area contributed by atoms with Gasteiger partial charge in [0.05, 0.1) is 31.8 Å². The molecular weight excluding hydrogens is 432 g/mol. The lowest BCUT2D eigenvalue weighted by Crippen LogP contribution is -2.51. The molecule has 0 aliphatic heterocycles. The molecule has 33 heavy (non-hydrogen) atoms. The number of aliphatic carboxylic acids is 1. The molecule has 0 saturated carbocycles. The van der Waals surface area contributed by atoms with E-state index in [1.807, 2.05) is 37.3 Å². The van der Waals surface area contributed by atoms with Crippen molar-refractivity contribution >= 4 is 14.3 Å². The van der Waals surface area contributed by atoms with Crippen LogP contribution in [0.4, 0.5) is 0 Å². The van der Waals surface area contributed by atoms with Crippen molar-refractivity contribution in [2.45, 2.75) is 78.5 Å². The van der Waals surface area contributed by atoms with Gasteiger partial charge in [-0.2, -0.15) is 0 Å². The second kappa shape index (κ2) is 12.5. The minimum absolute atomic E-state index is 0.0308. The number of allylic oxidation sites excluding steroid dienone is 2. The van der Waals surface area contributed by atoms with Crippen LogP contribution in [0.15, 0.2) is 49.1 Å². The molecule has 0 amide bonds. The van der Waals surface area contributed by atoms with Gasteiger partial charge in [0, 0.05) is 11.8 Å². The fourth-order valence-corrected chi connectivity index (χ4v) is 5.02. The summed E-state index contributed by atoms with van der Waals surface area (Å²) in [4.78, 5) is 12.0. The fraction of sp³-hybridized carbons (Fsp3) is 0.593. The van der Waals surface area contributed by atoms with Crippen molar-refractivity contribution < 1.29 is 23.8 Å². The van der Waals surface area contributed by atoms with Crippen molar-refractivity contribution in [1.29, 1.82) is 0 Å². The third-order valence-corrected chi connectivity index (χ3v) is 11.3. The van der Waals surface area contributed by atoms with Gasteiger partial charge in [0.15, 0.2) is 8.32 Å². The van der Waals surface area contributed by atoms with E-state index in [0.717, 1.165) is 11.3 Å². The third-order valence-electron chi connectivity index (χ3n) is 6.83. The van der Waals surface area contributed by atoms with Crippen LogP contribution in [0.2, 0.25) is 18.1 Å². The lowest BCUT2D eigenvalue weighted by molar-refractivity contribution is -0.148. The molecule has 0 bridgehead atoms. The predicted octanol–water partition coefficient (Wildman–Crippen LogP) is 6.71. The molecule has 6 heteroatoms. The zero-order valence-corrected chi connectivity index (χ0v) is 22.9. The number of methoxy groups -OCH3 is 1. The lowest BCUT2D eigenvalue weighted by atomic mass is 9.84. The molecule has 1 aromatic carbocycles. The minimum atomic E-state index is -2.21. The third kappa shape index (κ3) is 8.43. The van der Waals surface area contributed by atoms with E-state index in [1.54, 1.807) is 20.1 Å². The highest BCUT2D eigenvalue weighted by atomic mass is 28.4. The Balaban J connectivity index is 3.26. The summed E-state index contributed by atoms with van der Waals surface area (Å²) in [6, 6.07) is 7.78. The number of benzene rings is 1. The quantitative estimate of drug-likeness (QED) is 0.253. The van der Waals surface area contributed by atoms with E-state index in [2.05, 4.69) is 53.4 Å². The Labute approximate surface area is 202 Å². The van der Waals surface area contributed by atoms with Crippen molar-refractivity contribution in [3.8, 4) is 5.75 Å². The van der Waals surface area contributed by atoms with Crippen LogP contribution in [-0.4, -0.2) is 38.7 Å². The van der Waals surface area contributed by atoms with E-state index in [4.69, 9.17) is 13.9 Å². The summed E-state index contributed by atoms with van der Waals surface area (Å²) in [5.74, 6) is -0.815. The highest BCUT2D eigenvalue weighted by molar-refractivity contribution is 6.74. The molecule has 0 aliphatic rings. The van der Waals surface area contributed by atoms with Gasteiger partial charge < -0.3 is 19.0 Å². The fourth-order valence-electron chi connectivity index (χ4n) is 3.57. The number of carboxylic acid groups (broad SMARTS) is 1. The number of ether oxygens (including phenoxy) is 2. The van der Waals surface area contributed by atoms with E-state index >= 15 is 0 Å². The van der Waals surface area contributed by atoms with Crippen molar-refractivity contribution in [3.63, 3.8) is 0 Å². The maximum atomic E-state index is 12.0. The molecule has 186 valence electrons. The summed E-state index contributed by atoms with van der Waals surface area (Å²) in [6.45, 7) is 20.9. The first kappa shape index (κ1) is 29.1. The van der Waals surface area contributed by atoms with Gasteiger partial charge in [-0.1, -0.05) is 71.6 Å². The monoisotopic (exact) mass is 476 g/mol. The molecule has 5 atom stereocenters. The zero-order valence-electron chi connectivity index (χ0n) is 21.9. The Bertz CT molecular complexity index is 779. The molecule has 1 N–H and O–H groups in total. The molecule has 0 spiro atoms. The molecule has 0 heterocycles. The van der Waals surface area contributed by atoms with Crippen LogP contribution in [0.25, 0.3) is 0 Å². The summed E-state index contributed by atoms with van der Waals surface area (Å²) in [6.07, 6.45) is 5.00. The Morgan fingerprint density at radius 1 is 1.12 bits per heavy atom. The number of hydrogen-bond acceptors (Lipinski definition) is 4. The van der Waals surface area contributed by atoms with Crippen LogP contribution < -0.4 is 4.74 Å². The summed E-state index contributed by atoms with van der Waals surface area (Å²) >= 11 is 0. The zero-order chi connectivity index (χ0) is 25.4. The van der Waals surface area contributed by atoms with Crippen LogP contribution in [0.1, 0.15) is 47.1 Å². The van der Waals surface area contributed by atoms with Crippen LogP contribution in [0, 0.1) is 17.8 Å². The molecule has 1 unspecified atom stereocenters. The van der Waals surface area contributed by atoms with E-state index in [1.165, 1.54) is 0 Å². The van der Waals surface area contributed by atoms with Crippen molar-refractivity contribution in [2.24, 2.45) is 17.8 Å². The van der Waals surface area contributed by atoms with Gasteiger partial charge in [-0.25, -0.2) is 0 Å². The molecule has 0 fully saturated rings. The van der Waals surface area contributed by atoms with Crippen molar-refractivity contribution in [2.75, 3.05) is 7.11 Å². The Morgan fingerprint density at radius 3 is 2.15 bits per heavy atom. The summed E-state index contributed by atoms with van der Waals surface area (Å²) in [7, 11) is -0.568. The van der Waals surface area contributed by atoms with Crippen LogP contribution in [0.5, 0.6) is 5.75 Å². The topological polar surface area (TPSA) is 65.0 Å². The first-order valence-corrected chi connectivity index (χ1v) is 14.6. The maximum absolute atomic E-state index is 12.0. The van der Waals surface area contributed by atoms with Gasteiger partial charge in [0.2, 0.25) is 0 Å². The van der Waals surface area contributed by atoms with E-state index in [0.29, 0.717) is 6.61 Å². The molecular formula is C27H44O5Si.